The molecule has 1 saturated heterocycles. The first-order chi connectivity index (χ1) is 8.36. The largest absolute Gasteiger partial charge is 0.480 e. The Morgan fingerprint density at radius 2 is 2.11 bits per heavy atom. The molecule has 3 atom stereocenters. The molecule has 1 aliphatic rings. The van der Waals surface area contributed by atoms with Crippen LogP contribution in [-0.2, 0) is 14.4 Å². The van der Waals surface area contributed by atoms with Crippen molar-refractivity contribution in [1.29, 1.82) is 0 Å². The smallest absolute Gasteiger partial charge is 0.325 e. The van der Waals surface area contributed by atoms with Crippen LogP contribution < -0.4 is 5.32 Å². The maximum atomic E-state index is 11.8. The lowest BCUT2D eigenvalue weighted by Gasteiger charge is -2.23. The Morgan fingerprint density at radius 1 is 1.50 bits per heavy atom. The van der Waals surface area contributed by atoms with E-state index in [0.717, 1.165) is 6.42 Å². The summed E-state index contributed by atoms with van der Waals surface area (Å²) in [6.45, 7) is 5.71. The molecule has 0 saturated carbocycles. The van der Waals surface area contributed by atoms with E-state index in [1.807, 2.05) is 13.8 Å². The molecule has 1 heterocycles. The monoisotopic (exact) mass is 256 g/mol. The first kappa shape index (κ1) is 14.5. The summed E-state index contributed by atoms with van der Waals surface area (Å²) in [5.41, 5.74) is 0. The van der Waals surface area contributed by atoms with Crippen LogP contribution in [0.4, 0.5) is 0 Å². The average molecular weight is 256 g/mol. The Hall–Kier alpha value is -1.59. The lowest BCUT2D eigenvalue weighted by molar-refractivity contribution is -0.141. The fourth-order valence-corrected chi connectivity index (χ4v) is 1.95. The molecule has 6 nitrogen and oxygen atoms in total. The number of rotatable bonds is 5. The second-order valence-electron chi connectivity index (χ2n) is 4.77. The Bertz CT molecular complexity index is 356. The van der Waals surface area contributed by atoms with Gasteiger partial charge in [-0.05, 0) is 20.3 Å². The zero-order valence-corrected chi connectivity index (χ0v) is 11.0. The highest BCUT2D eigenvalue weighted by Gasteiger charge is 2.36. The molecule has 18 heavy (non-hydrogen) atoms. The second kappa shape index (κ2) is 5.84. The molecule has 1 fully saturated rings. The van der Waals surface area contributed by atoms with Crippen LogP contribution in [0.15, 0.2) is 0 Å². The summed E-state index contributed by atoms with van der Waals surface area (Å²) in [6.07, 6.45) is 1.01. The number of carbonyl (C=O) groups excluding carboxylic acids is 2. The summed E-state index contributed by atoms with van der Waals surface area (Å²) in [5, 5.41) is 11.1. The van der Waals surface area contributed by atoms with E-state index < -0.39 is 17.9 Å². The molecule has 2 N–H and O–H groups in total. The fraction of sp³-hybridized carbons (Fsp3) is 0.750. The lowest BCUT2D eigenvalue weighted by Crippen LogP contribution is -2.42. The van der Waals surface area contributed by atoms with Gasteiger partial charge in [0, 0.05) is 19.0 Å². The van der Waals surface area contributed by atoms with Crippen molar-refractivity contribution < 1.29 is 19.5 Å². The number of likely N-dealkylation sites (tertiary alicyclic amines) is 1. The van der Waals surface area contributed by atoms with E-state index in [1.165, 1.54) is 6.92 Å². The minimum absolute atomic E-state index is 0.0347. The summed E-state index contributed by atoms with van der Waals surface area (Å²) >= 11 is 0. The average Bonchev–Trinajstić information content (AvgIpc) is 2.70. The summed E-state index contributed by atoms with van der Waals surface area (Å²) in [7, 11) is 0. The van der Waals surface area contributed by atoms with Crippen molar-refractivity contribution in [3.8, 4) is 0 Å². The third kappa shape index (κ3) is 3.21. The standard InChI is InChI=1S/C12H20N2O4/c1-4-7(2)14-6-9(5-10(14)15)11(16)13-8(3)12(17)18/h7-9H,4-6H2,1-3H3,(H,13,16)(H,17,18). The van der Waals surface area contributed by atoms with Gasteiger partial charge in [0.1, 0.15) is 6.04 Å². The van der Waals surface area contributed by atoms with Crippen molar-refractivity contribution in [3.63, 3.8) is 0 Å². The number of carboxylic acid groups (broad SMARTS) is 1. The normalized spacial score (nSPS) is 22.7. The molecule has 0 aromatic carbocycles. The summed E-state index contributed by atoms with van der Waals surface area (Å²) < 4.78 is 0. The third-order valence-electron chi connectivity index (χ3n) is 3.38. The molecule has 0 aromatic rings. The molecule has 3 unspecified atom stereocenters. The molecule has 1 rings (SSSR count). The topological polar surface area (TPSA) is 86.7 Å². The number of carbonyl (C=O) groups is 3. The predicted octanol–water partition coefficient (Wildman–Crippen LogP) is 0.223. The van der Waals surface area contributed by atoms with Gasteiger partial charge >= 0.3 is 5.97 Å². The van der Waals surface area contributed by atoms with Crippen molar-refractivity contribution in [1.82, 2.24) is 10.2 Å². The van der Waals surface area contributed by atoms with E-state index in [9.17, 15) is 14.4 Å². The zero-order valence-electron chi connectivity index (χ0n) is 11.0. The highest BCUT2D eigenvalue weighted by Crippen LogP contribution is 2.21. The van der Waals surface area contributed by atoms with Gasteiger partial charge in [-0.15, -0.1) is 0 Å². The molecule has 0 aliphatic carbocycles. The van der Waals surface area contributed by atoms with Crippen LogP contribution in [0, 0.1) is 5.92 Å². The molecular weight excluding hydrogens is 236 g/mol. The Balaban J connectivity index is 2.57. The molecule has 1 aliphatic heterocycles. The van der Waals surface area contributed by atoms with E-state index in [-0.39, 0.29) is 24.3 Å². The lowest BCUT2D eigenvalue weighted by atomic mass is 10.1. The molecule has 102 valence electrons. The van der Waals surface area contributed by atoms with Crippen LogP contribution in [0.5, 0.6) is 0 Å². The van der Waals surface area contributed by atoms with Gasteiger partial charge in [-0.3, -0.25) is 14.4 Å². The van der Waals surface area contributed by atoms with Gasteiger partial charge in [0.25, 0.3) is 0 Å². The van der Waals surface area contributed by atoms with Crippen molar-refractivity contribution in [3.05, 3.63) is 0 Å². The van der Waals surface area contributed by atoms with Crippen LogP contribution in [0.3, 0.4) is 0 Å². The van der Waals surface area contributed by atoms with Crippen molar-refractivity contribution in [2.75, 3.05) is 6.54 Å². The van der Waals surface area contributed by atoms with E-state index >= 15 is 0 Å². The van der Waals surface area contributed by atoms with Gasteiger partial charge in [0.15, 0.2) is 0 Å². The van der Waals surface area contributed by atoms with Crippen LogP contribution in [0.2, 0.25) is 0 Å². The minimum Gasteiger partial charge on any atom is -0.480 e. The zero-order chi connectivity index (χ0) is 13.9. The molecule has 0 radical (unpaired) electrons. The van der Waals surface area contributed by atoms with Crippen LogP contribution in [0.25, 0.3) is 0 Å². The molecule has 0 aromatic heterocycles. The van der Waals surface area contributed by atoms with Gasteiger partial charge in [0.05, 0.1) is 5.92 Å². The molecule has 6 heteroatoms. The van der Waals surface area contributed by atoms with Crippen molar-refractivity contribution in [2.45, 2.75) is 45.7 Å². The third-order valence-corrected chi connectivity index (χ3v) is 3.38. The van der Waals surface area contributed by atoms with Gasteiger partial charge in [-0.25, -0.2) is 0 Å². The highest BCUT2D eigenvalue weighted by molar-refractivity contribution is 5.91. The van der Waals surface area contributed by atoms with Gasteiger partial charge < -0.3 is 15.3 Å². The summed E-state index contributed by atoms with van der Waals surface area (Å²) in [4.78, 5) is 35.9. The quantitative estimate of drug-likeness (QED) is 0.737. The Labute approximate surface area is 106 Å². The van der Waals surface area contributed by atoms with Gasteiger partial charge in [-0.2, -0.15) is 0 Å². The number of hydrogen-bond acceptors (Lipinski definition) is 3. The summed E-state index contributed by atoms with van der Waals surface area (Å²) in [5.74, 6) is -1.91. The number of nitrogens with one attached hydrogen (secondary N) is 1. The first-order valence-electron chi connectivity index (χ1n) is 6.19. The number of aliphatic carboxylic acids is 1. The fourth-order valence-electron chi connectivity index (χ4n) is 1.95. The van der Waals surface area contributed by atoms with E-state index in [1.54, 1.807) is 4.90 Å². The maximum Gasteiger partial charge on any atom is 0.325 e. The van der Waals surface area contributed by atoms with Crippen molar-refractivity contribution >= 4 is 17.8 Å². The number of nitrogens with zero attached hydrogens (tertiary/aromatic N) is 1. The predicted molar refractivity (Wildman–Crippen MR) is 64.8 cm³/mol. The molecule has 0 spiro atoms. The number of carboxylic acids is 1. The van der Waals surface area contributed by atoms with Gasteiger partial charge in [-0.1, -0.05) is 6.92 Å². The van der Waals surface area contributed by atoms with Crippen LogP contribution in [0.1, 0.15) is 33.6 Å². The maximum absolute atomic E-state index is 11.8. The highest BCUT2D eigenvalue weighted by atomic mass is 16.4. The SMILES string of the molecule is CCC(C)N1CC(C(=O)NC(C)C(=O)O)CC1=O. The first-order valence-corrected chi connectivity index (χ1v) is 6.19. The second-order valence-corrected chi connectivity index (χ2v) is 4.77. The Morgan fingerprint density at radius 3 is 2.61 bits per heavy atom. The van der Waals surface area contributed by atoms with E-state index in [0.29, 0.717) is 6.54 Å². The molecule has 2 amide bonds. The van der Waals surface area contributed by atoms with E-state index in [4.69, 9.17) is 5.11 Å². The van der Waals surface area contributed by atoms with Crippen molar-refractivity contribution in [2.24, 2.45) is 5.92 Å². The minimum atomic E-state index is -1.08. The molecule has 0 bridgehead atoms. The molecular formula is C12H20N2O4. The van der Waals surface area contributed by atoms with Crippen LogP contribution in [-0.4, -0.2) is 46.4 Å². The number of hydrogen-bond donors (Lipinski definition) is 2. The summed E-state index contributed by atoms with van der Waals surface area (Å²) in [6, 6.07) is -0.808. The Kier molecular flexibility index (Phi) is 4.69. The van der Waals surface area contributed by atoms with E-state index in [2.05, 4.69) is 5.32 Å². The van der Waals surface area contributed by atoms with Gasteiger partial charge in [0.2, 0.25) is 11.8 Å². The number of amides is 2. The van der Waals surface area contributed by atoms with Crippen LogP contribution >= 0.6 is 0 Å².